The number of amides is 2. The molecule has 1 aliphatic rings. The highest BCUT2D eigenvalue weighted by Gasteiger charge is 2.31. The molecule has 0 spiro atoms. The maximum absolute atomic E-state index is 12.2. The molecule has 2 unspecified atom stereocenters. The molecule has 21 heavy (non-hydrogen) atoms. The van der Waals surface area contributed by atoms with Crippen LogP contribution in [0.2, 0.25) is 0 Å². The van der Waals surface area contributed by atoms with Crippen LogP contribution in [0.25, 0.3) is 0 Å². The Balaban J connectivity index is 1.93. The summed E-state index contributed by atoms with van der Waals surface area (Å²) in [4.78, 5) is 23.3. The Bertz CT molecular complexity index is 501. The predicted molar refractivity (Wildman–Crippen MR) is 81.0 cm³/mol. The summed E-state index contributed by atoms with van der Waals surface area (Å²) in [5, 5.41) is 5.46. The average molecular weight is 291 g/mol. The Hall–Kier alpha value is -2.08. The van der Waals surface area contributed by atoms with Crippen LogP contribution in [0.5, 0.6) is 0 Å². The smallest absolute Gasteiger partial charge is 0.411 e. The van der Waals surface area contributed by atoms with Gasteiger partial charge in [-0.05, 0) is 49.6 Å². The monoisotopic (exact) mass is 291 g/mol. The van der Waals surface area contributed by atoms with Crippen molar-refractivity contribution in [3.8, 4) is 0 Å². The zero-order valence-corrected chi connectivity index (χ0v) is 12.1. The van der Waals surface area contributed by atoms with Gasteiger partial charge in [-0.2, -0.15) is 0 Å². The van der Waals surface area contributed by atoms with Crippen molar-refractivity contribution in [2.75, 3.05) is 24.3 Å². The van der Waals surface area contributed by atoms with E-state index >= 15 is 0 Å². The first-order valence-electron chi connectivity index (χ1n) is 7.10. The van der Waals surface area contributed by atoms with Crippen molar-refractivity contribution >= 4 is 23.4 Å². The summed E-state index contributed by atoms with van der Waals surface area (Å²) in [5.74, 6) is 0.310. The molecule has 1 fully saturated rings. The highest BCUT2D eigenvalue weighted by atomic mass is 16.5. The lowest BCUT2D eigenvalue weighted by atomic mass is 9.95. The van der Waals surface area contributed by atoms with Crippen molar-refractivity contribution in [3.63, 3.8) is 0 Å². The first kappa shape index (κ1) is 15.3. The molecule has 6 nitrogen and oxygen atoms in total. The van der Waals surface area contributed by atoms with E-state index in [1.54, 1.807) is 24.3 Å². The molecule has 2 rings (SSSR count). The van der Waals surface area contributed by atoms with Crippen LogP contribution in [0.3, 0.4) is 0 Å². The Kier molecular flexibility index (Phi) is 5.16. The Morgan fingerprint density at radius 3 is 2.38 bits per heavy atom. The molecule has 1 aromatic rings. The second-order valence-corrected chi connectivity index (χ2v) is 5.22. The molecular weight excluding hydrogens is 270 g/mol. The second kappa shape index (κ2) is 7.08. The molecular formula is C15H21N3O3. The minimum atomic E-state index is -0.525. The van der Waals surface area contributed by atoms with E-state index < -0.39 is 6.09 Å². The van der Waals surface area contributed by atoms with Gasteiger partial charge in [-0.1, -0.05) is 6.42 Å². The van der Waals surface area contributed by atoms with Crippen LogP contribution >= 0.6 is 0 Å². The summed E-state index contributed by atoms with van der Waals surface area (Å²) in [6.07, 6.45) is 2.46. The van der Waals surface area contributed by atoms with Crippen LogP contribution in [0.1, 0.15) is 19.3 Å². The fourth-order valence-electron chi connectivity index (χ4n) is 2.70. The molecule has 0 aliphatic heterocycles. The van der Waals surface area contributed by atoms with Gasteiger partial charge < -0.3 is 15.8 Å². The maximum atomic E-state index is 12.2. The maximum Gasteiger partial charge on any atom is 0.411 e. The number of methoxy groups -OCH3 is 1. The van der Waals surface area contributed by atoms with E-state index in [-0.39, 0.29) is 17.7 Å². The van der Waals surface area contributed by atoms with Crippen LogP contribution in [0.4, 0.5) is 16.2 Å². The van der Waals surface area contributed by atoms with E-state index in [1.165, 1.54) is 7.11 Å². The molecule has 1 saturated carbocycles. The number of nitrogens with two attached hydrogens (primary N) is 1. The molecule has 0 radical (unpaired) electrons. The van der Waals surface area contributed by atoms with Gasteiger partial charge in [0.05, 0.1) is 7.11 Å². The topological polar surface area (TPSA) is 93.5 Å². The highest BCUT2D eigenvalue weighted by molar-refractivity contribution is 5.93. The fourth-order valence-corrected chi connectivity index (χ4v) is 2.70. The third-order valence-electron chi connectivity index (χ3n) is 3.88. The SMILES string of the molecule is COC(=O)Nc1ccc(NC(=O)C2CCCC2CN)cc1. The van der Waals surface area contributed by atoms with E-state index in [4.69, 9.17) is 5.73 Å². The molecule has 1 aliphatic carbocycles. The first-order chi connectivity index (χ1) is 10.1. The Labute approximate surface area is 124 Å². The summed E-state index contributed by atoms with van der Waals surface area (Å²) >= 11 is 0. The molecule has 2 atom stereocenters. The van der Waals surface area contributed by atoms with Crippen LogP contribution in [0, 0.1) is 11.8 Å². The number of carbonyl (C=O) groups excluding carboxylic acids is 2. The molecule has 0 aromatic heterocycles. The van der Waals surface area contributed by atoms with Gasteiger partial charge in [0.15, 0.2) is 0 Å². The molecule has 2 amide bonds. The van der Waals surface area contributed by atoms with E-state index in [9.17, 15) is 9.59 Å². The number of carbonyl (C=O) groups is 2. The Morgan fingerprint density at radius 2 is 1.81 bits per heavy atom. The molecule has 0 bridgehead atoms. The van der Waals surface area contributed by atoms with Gasteiger partial charge in [0, 0.05) is 17.3 Å². The van der Waals surface area contributed by atoms with Gasteiger partial charge in [0.1, 0.15) is 0 Å². The Morgan fingerprint density at radius 1 is 1.19 bits per heavy atom. The third-order valence-corrected chi connectivity index (χ3v) is 3.88. The van der Waals surface area contributed by atoms with Gasteiger partial charge in [-0.25, -0.2) is 4.79 Å². The quantitative estimate of drug-likeness (QED) is 0.792. The van der Waals surface area contributed by atoms with E-state index in [2.05, 4.69) is 15.4 Å². The van der Waals surface area contributed by atoms with Crippen molar-refractivity contribution in [1.82, 2.24) is 0 Å². The molecule has 1 aromatic carbocycles. The second-order valence-electron chi connectivity index (χ2n) is 5.22. The van der Waals surface area contributed by atoms with Crippen LogP contribution in [-0.4, -0.2) is 25.7 Å². The number of anilines is 2. The normalized spacial score (nSPS) is 20.9. The van der Waals surface area contributed by atoms with Crippen molar-refractivity contribution in [1.29, 1.82) is 0 Å². The number of ether oxygens (including phenoxy) is 1. The first-order valence-corrected chi connectivity index (χ1v) is 7.10. The number of rotatable bonds is 4. The zero-order chi connectivity index (χ0) is 15.2. The summed E-state index contributed by atoms with van der Waals surface area (Å²) in [6.45, 7) is 0.556. The molecule has 0 saturated heterocycles. The lowest BCUT2D eigenvalue weighted by molar-refractivity contribution is -0.120. The largest absolute Gasteiger partial charge is 0.453 e. The molecule has 114 valence electrons. The van der Waals surface area contributed by atoms with Gasteiger partial charge in [-0.3, -0.25) is 10.1 Å². The third kappa shape index (κ3) is 3.95. The van der Waals surface area contributed by atoms with Crippen molar-refractivity contribution < 1.29 is 14.3 Å². The lowest BCUT2D eigenvalue weighted by Crippen LogP contribution is -2.29. The van der Waals surface area contributed by atoms with Gasteiger partial charge in [-0.15, -0.1) is 0 Å². The molecule has 0 heterocycles. The number of benzene rings is 1. The molecule has 4 N–H and O–H groups in total. The minimum absolute atomic E-state index is 0.00266. The van der Waals surface area contributed by atoms with Crippen molar-refractivity contribution in [2.45, 2.75) is 19.3 Å². The average Bonchev–Trinajstić information content (AvgIpc) is 2.97. The van der Waals surface area contributed by atoms with Crippen molar-refractivity contribution in [3.05, 3.63) is 24.3 Å². The highest BCUT2D eigenvalue weighted by Crippen LogP contribution is 2.31. The molecule has 6 heteroatoms. The van der Waals surface area contributed by atoms with Crippen LogP contribution in [0.15, 0.2) is 24.3 Å². The number of nitrogens with one attached hydrogen (secondary N) is 2. The van der Waals surface area contributed by atoms with Gasteiger partial charge >= 0.3 is 6.09 Å². The van der Waals surface area contributed by atoms with Crippen LogP contribution < -0.4 is 16.4 Å². The van der Waals surface area contributed by atoms with E-state index in [1.807, 2.05) is 0 Å². The van der Waals surface area contributed by atoms with Gasteiger partial charge in [0.2, 0.25) is 5.91 Å². The summed E-state index contributed by atoms with van der Waals surface area (Å²) < 4.78 is 4.51. The van der Waals surface area contributed by atoms with E-state index in [0.717, 1.165) is 19.3 Å². The zero-order valence-electron chi connectivity index (χ0n) is 12.1. The van der Waals surface area contributed by atoms with Crippen LogP contribution in [-0.2, 0) is 9.53 Å². The lowest BCUT2D eigenvalue weighted by Gasteiger charge is -2.17. The van der Waals surface area contributed by atoms with Crippen molar-refractivity contribution in [2.24, 2.45) is 17.6 Å². The minimum Gasteiger partial charge on any atom is -0.453 e. The summed E-state index contributed by atoms with van der Waals surface area (Å²) in [6, 6.07) is 6.91. The fraction of sp³-hybridized carbons (Fsp3) is 0.467. The summed E-state index contributed by atoms with van der Waals surface area (Å²) in [7, 11) is 1.30. The number of hydrogen-bond donors (Lipinski definition) is 3. The predicted octanol–water partition coefficient (Wildman–Crippen LogP) is 2.18. The van der Waals surface area contributed by atoms with Gasteiger partial charge in [0.25, 0.3) is 0 Å². The number of hydrogen-bond acceptors (Lipinski definition) is 4. The van der Waals surface area contributed by atoms with E-state index in [0.29, 0.717) is 17.9 Å². The summed E-state index contributed by atoms with van der Waals surface area (Å²) in [5.41, 5.74) is 7.02. The standard InChI is InChI=1S/C15H21N3O3/c1-21-15(20)18-12-7-5-11(6-8-12)17-14(19)13-4-2-3-10(13)9-16/h5-8,10,13H,2-4,9,16H2,1H3,(H,17,19)(H,18,20).